The highest BCUT2D eigenvalue weighted by atomic mass is 32.2. The maximum absolute atomic E-state index is 12.4. The zero-order valence-corrected chi connectivity index (χ0v) is 18.4. The summed E-state index contributed by atoms with van der Waals surface area (Å²) in [5, 5.41) is 15.7. The van der Waals surface area contributed by atoms with E-state index in [1.807, 2.05) is 18.2 Å². The number of ether oxygens (including phenoxy) is 2. The Morgan fingerprint density at radius 2 is 1.90 bits per heavy atom. The minimum Gasteiger partial charge on any atom is -0.448 e. The molecule has 0 saturated heterocycles. The van der Waals surface area contributed by atoms with Crippen LogP contribution in [0.2, 0.25) is 0 Å². The summed E-state index contributed by atoms with van der Waals surface area (Å²) in [7, 11) is 0. The van der Waals surface area contributed by atoms with Crippen LogP contribution < -0.4 is 20.1 Å². The van der Waals surface area contributed by atoms with E-state index in [0.717, 1.165) is 46.6 Å². The largest absolute Gasteiger partial charge is 0.448 e. The fraction of sp³-hybridized carbons (Fsp3) is 0.571. The van der Waals surface area contributed by atoms with Crippen molar-refractivity contribution in [3.05, 3.63) is 18.2 Å². The van der Waals surface area contributed by atoms with Crippen molar-refractivity contribution >= 4 is 39.8 Å². The van der Waals surface area contributed by atoms with Crippen LogP contribution in [0.25, 0.3) is 0 Å². The molecule has 1 aliphatic heterocycles. The lowest BCUT2D eigenvalue weighted by atomic mass is 9.96. The van der Waals surface area contributed by atoms with Gasteiger partial charge in [0.2, 0.25) is 11.0 Å². The van der Waals surface area contributed by atoms with Gasteiger partial charge in [-0.15, -0.1) is 10.2 Å². The molecule has 30 heavy (non-hydrogen) atoms. The van der Waals surface area contributed by atoms with E-state index in [0.29, 0.717) is 11.8 Å². The van der Waals surface area contributed by atoms with Gasteiger partial charge in [-0.1, -0.05) is 42.4 Å². The number of rotatable bonds is 6. The van der Waals surface area contributed by atoms with Gasteiger partial charge in [-0.05, 0) is 37.8 Å². The Kier molecular flexibility index (Phi) is 5.73. The van der Waals surface area contributed by atoms with Crippen molar-refractivity contribution in [2.24, 2.45) is 0 Å². The number of nitrogens with one attached hydrogen (secondary N) is 2. The third-order valence-corrected chi connectivity index (χ3v) is 7.84. The van der Waals surface area contributed by atoms with E-state index in [1.165, 1.54) is 55.2 Å². The van der Waals surface area contributed by atoms with E-state index in [2.05, 4.69) is 20.8 Å². The maximum atomic E-state index is 12.4. The first-order valence-corrected chi connectivity index (χ1v) is 12.5. The van der Waals surface area contributed by atoms with E-state index in [9.17, 15) is 4.79 Å². The van der Waals surface area contributed by atoms with Gasteiger partial charge < -0.3 is 20.1 Å². The van der Waals surface area contributed by atoms with Gasteiger partial charge >= 0.3 is 0 Å². The molecule has 1 spiro atoms. The number of hydrogen-bond acceptors (Lipinski definition) is 8. The molecule has 0 atom stereocenters. The van der Waals surface area contributed by atoms with Crippen LogP contribution in [0.3, 0.4) is 0 Å². The quantitative estimate of drug-likeness (QED) is 0.600. The lowest BCUT2D eigenvalue weighted by Crippen LogP contribution is -2.34. The minimum absolute atomic E-state index is 0.0774. The predicted molar refractivity (Wildman–Crippen MR) is 119 cm³/mol. The number of nitrogens with zero attached hydrogens (tertiary/aromatic N) is 2. The van der Waals surface area contributed by atoms with E-state index in [4.69, 9.17) is 9.47 Å². The Morgan fingerprint density at radius 3 is 2.73 bits per heavy atom. The zero-order chi connectivity index (χ0) is 20.4. The third-order valence-electron chi connectivity index (χ3n) is 5.85. The normalized spacial score (nSPS) is 19.9. The standard InChI is InChI=1S/C21H26N4O3S2/c26-18(13-29-20-25-24-19(30-20)23-14-6-2-1-3-7-14)22-15-8-9-16-17(12-15)28-21(27-16)10-4-5-11-21/h8-9,12,14H,1-7,10-11,13H2,(H,22,26)(H,23,24). The van der Waals surface area contributed by atoms with E-state index >= 15 is 0 Å². The minimum atomic E-state index is -0.484. The fourth-order valence-corrected chi connectivity index (χ4v) is 5.99. The molecule has 9 heteroatoms. The number of hydrogen-bond donors (Lipinski definition) is 2. The van der Waals surface area contributed by atoms with Gasteiger partial charge in [0, 0.05) is 30.6 Å². The molecule has 2 aliphatic carbocycles. The van der Waals surface area contributed by atoms with Crippen molar-refractivity contribution in [2.75, 3.05) is 16.4 Å². The SMILES string of the molecule is O=C(CSc1nnc(NC2CCCCC2)s1)Nc1ccc2c(c1)OC1(CCCC1)O2. The van der Waals surface area contributed by atoms with Crippen LogP contribution >= 0.6 is 23.1 Å². The lowest BCUT2D eigenvalue weighted by molar-refractivity contribution is -0.113. The number of amides is 1. The number of carbonyl (C=O) groups is 1. The second-order valence-electron chi connectivity index (χ2n) is 8.17. The molecule has 2 fully saturated rings. The monoisotopic (exact) mass is 446 g/mol. The molecular weight excluding hydrogens is 420 g/mol. The van der Waals surface area contributed by atoms with Crippen molar-refractivity contribution in [3.63, 3.8) is 0 Å². The molecule has 1 aromatic heterocycles. The molecule has 2 saturated carbocycles. The average Bonchev–Trinajstić information content (AvgIpc) is 3.47. The summed E-state index contributed by atoms with van der Waals surface area (Å²) in [6.07, 6.45) is 10.4. The van der Waals surface area contributed by atoms with Crippen molar-refractivity contribution in [2.45, 2.75) is 74.0 Å². The molecule has 1 aromatic carbocycles. The molecule has 0 unspecified atom stereocenters. The Hall–Kier alpha value is -2.00. The molecule has 5 rings (SSSR count). The van der Waals surface area contributed by atoms with Crippen molar-refractivity contribution in [3.8, 4) is 11.5 Å². The summed E-state index contributed by atoms with van der Waals surface area (Å²) in [4.78, 5) is 12.4. The summed E-state index contributed by atoms with van der Waals surface area (Å²) in [6.45, 7) is 0. The molecule has 1 amide bonds. The van der Waals surface area contributed by atoms with Gasteiger partial charge in [-0.25, -0.2) is 0 Å². The second-order valence-corrected chi connectivity index (χ2v) is 10.4. The highest BCUT2D eigenvalue weighted by molar-refractivity contribution is 8.01. The second kappa shape index (κ2) is 8.63. The van der Waals surface area contributed by atoms with Gasteiger partial charge in [0.25, 0.3) is 5.79 Å². The van der Waals surface area contributed by atoms with Gasteiger partial charge in [-0.2, -0.15) is 0 Å². The van der Waals surface area contributed by atoms with Crippen LogP contribution in [0, 0.1) is 0 Å². The number of fused-ring (bicyclic) bond motifs is 1. The van der Waals surface area contributed by atoms with Gasteiger partial charge in [0.05, 0.1) is 5.75 Å². The van der Waals surface area contributed by atoms with E-state index < -0.39 is 5.79 Å². The highest BCUT2D eigenvalue weighted by Gasteiger charge is 2.44. The fourth-order valence-electron chi connectivity index (χ4n) is 4.36. The van der Waals surface area contributed by atoms with Gasteiger partial charge in [-0.3, -0.25) is 4.79 Å². The van der Waals surface area contributed by atoms with Crippen LogP contribution in [-0.2, 0) is 4.79 Å². The van der Waals surface area contributed by atoms with E-state index in [-0.39, 0.29) is 11.7 Å². The smallest absolute Gasteiger partial charge is 0.251 e. The van der Waals surface area contributed by atoms with E-state index in [1.54, 1.807) is 0 Å². The first-order chi connectivity index (χ1) is 14.7. The summed E-state index contributed by atoms with van der Waals surface area (Å²) in [5.74, 6) is 1.20. The Balaban J connectivity index is 1.11. The Bertz CT molecular complexity index is 907. The summed E-state index contributed by atoms with van der Waals surface area (Å²) in [5.41, 5.74) is 0.718. The third kappa shape index (κ3) is 4.51. The summed E-state index contributed by atoms with van der Waals surface area (Å²) < 4.78 is 12.9. The van der Waals surface area contributed by atoms with Crippen LogP contribution in [0.15, 0.2) is 22.5 Å². The number of thioether (sulfide) groups is 1. The van der Waals surface area contributed by atoms with Crippen molar-refractivity contribution < 1.29 is 14.3 Å². The average molecular weight is 447 g/mol. The molecule has 2 aromatic rings. The van der Waals surface area contributed by atoms with Crippen LogP contribution in [0.4, 0.5) is 10.8 Å². The molecule has 0 bridgehead atoms. The predicted octanol–water partition coefficient (Wildman–Crippen LogP) is 5.06. The number of benzene rings is 1. The molecule has 160 valence electrons. The molecule has 2 heterocycles. The summed E-state index contributed by atoms with van der Waals surface area (Å²) in [6, 6.07) is 6.08. The number of aromatic nitrogens is 2. The summed E-state index contributed by atoms with van der Waals surface area (Å²) >= 11 is 2.92. The van der Waals surface area contributed by atoms with Crippen LogP contribution in [0.5, 0.6) is 11.5 Å². The number of carbonyl (C=O) groups excluding carboxylic acids is 1. The maximum Gasteiger partial charge on any atom is 0.251 e. The zero-order valence-electron chi connectivity index (χ0n) is 16.8. The molecule has 7 nitrogen and oxygen atoms in total. The van der Waals surface area contributed by atoms with Crippen LogP contribution in [0.1, 0.15) is 57.8 Å². The van der Waals surface area contributed by atoms with Crippen molar-refractivity contribution in [1.82, 2.24) is 10.2 Å². The lowest BCUT2D eigenvalue weighted by Gasteiger charge is -2.21. The Labute approximate surface area is 184 Å². The van der Waals surface area contributed by atoms with Crippen LogP contribution in [-0.4, -0.2) is 33.7 Å². The van der Waals surface area contributed by atoms with Gasteiger partial charge in [0.15, 0.2) is 15.8 Å². The first kappa shape index (κ1) is 19.9. The molecular formula is C21H26N4O3S2. The first-order valence-electron chi connectivity index (χ1n) is 10.7. The topological polar surface area (TPSA) is 85.4 Å². The Morgan fingerprint density at radius 1 is 1.10 bits per heavy atom. The number of anilines is 2. The molecule has 3 aliphatic rings. The molecule has 0 radical (unpaired) electrons. The molecule has 2 N–H and O–H groups in total. The highest BCUT2D eigenvalue weighted by Crippen LogP contribution is 2.47. The van der Waals surface area contributed by atoms with Gasteiger partial charge in [0.1, 0.15) is 0 Å². The van der Waals surface area contributed by atoms with Crippen molar-refractivity contribution in [1.29, 1.82) is 0 Å².